The van der Waals surface area contributed by atoms with E-state index >= 15 is 0 Å². The molecule has 16 heavy (non-hydrogen) atoms. The molecule has 80 valence electrons. The molecule has 0 aliphatic rings. The molecule has 0 atom stereocenters. The van der Waals surface area contributed by atoms with Crippen LogP contribution in [-0.4, -0.2) is 9.38 Å². The van der Waals surface area contributed by atoms with Gasteiger partial charge in [-0.2, -0.15) is 0 Å². The first-order chi connectivity index (χ1) is 7.66. The second kappa shape index (κ2) is 3.15. The van der Waals surface area contributed by atoms with Crippen molar-refractivity contribution in [3.63, 3.8) is 0 Å². The Kier molecular flexibility index (Phi) is 1.88. The predicted octanol–water partition coefficient (Wildman–Crippen LogP) is 2.53. The maximum absolute atomic E-state index is 12.3. The Hall–Kier alpha value is -1.68. The molecule has 3 rings (SSSR count). The molecule has 0 spiro atoms. The molecular formula is C12H10N2OS. The average molecular weight is 230 g/mol. The molecule has 4 heteroatoms. The van der Waals surface area contributed by atoms with E-state index in [1.54, 1.807) is 4.40 Å². The van der Waals surface area contributed by atoms with Crippen LogP contribution in [0, 0.1) is 13.8 Å². The summed E-state index contributed by atoms with van der Waals surface area (Å²) in [7, 11) is 0. The zero-order valence-corrected chi connectivity index (χ0v) is 9.84. The molecule has 0 bridgehead atoms. The number of benzene rings is 1. The molecule has 0 aliphatic carbocycles. The van der Waals surface area contributed by atoms with E-state index < -0.39 is 0 Å². The van der Waals surface area contributed by atoms with Gasteiger partial charge in [0.2, 0.25) is 0 Å². The molecule has 3 aromatic rings. The van der Waals surface area contributed by atoms with Crippen LogP contribution in [0.5, 0.6) is 0 Å². The van der Waals surface area contributed by atoms with Crippen molar-refractivity contribution in [1.82, 2.24) is 9.38 Å². The highest BCUT2D eigenvalue weighted by Gasteiger charge is 2.08. The minimum absolute atomic E-state index is 0.0300. The van der Waals surface area contributed by atoms with Crippen LogP contribution in [0.1, 0.15) is 11.3 Å². The Morgan fingerprint density at radius 2 is 2.12 bits per heavy atom. The molecule has 2 heterocycles. The van der Waals surface area contributed by atoms with Crippen molar-refractivity contribution in [3.8, 4) is 0 Å². The highest BCUT2D eigenvalue weighted by atomic mass is 32.1. The normalized spacial score (nSPS) is 11.4. The zero-order valence-electron chi connectivity index (χ0n) is 9.02. The largest absolute Gasteiger partial charge is 0.268 e. The number of thiazole rings is 1. The summed E-state index contributed by atoms with van der Waals surface area (Å²) in [4.78, 5) is 17.5. The zero-order chi connectivity index (χ0) is 11.3. The Labute approximate surface area is 96.0 Å². The molecular weight excluding hydrogens is 220 g/mol. The van der Waals surface area contributed by atoms with Gasteiger partial charge < -0.3 is 0 Å². The van der Waals surface area contributed by atoms with Crippen LogP contribution in [0.3, 0.4) is 0 Å². The third kappa shape index (κ3) is 1.20. The summed E-state index contributed by atoms with van der Waals surface area (Å²) in [6.07, 6.45) is 0. The van der Waals surface area contributed by atoms with Crippen molar-refractivity contribution in [3.05, 3.63) is 45.2 Å². The first-order valence-corrected chi connectivity index (χ1v) is 5.92. The fourth-order valence-corrected chi connectivity index (χ4v) is 2.72. The summed E-state index contributed by atoms with van der Waals surface area (Å²) in [6, 6.07) is 5.78. The summed E-state index contributed by atoms with van der Waals surface area (Å²) in [5.74, 6) is 0. The van der Waals surface area contributed by atoms with Crippen molar-refractivity contribution in [2.45, 2.75) is 13.8 Å². The van der Waals surface area contributed by atoms with Crippen molar-refractivity contribution in [2.24, 2.45) is 0 Å². The molecule has 0 fully saturated rings. The van der Waals surface area contributed by atoms with Gasteiger partial charge in [-0.05, 0) is 26.0 Å². The Bertz CT molecular complexity index is 755. The predicted molar refractivity (Wildman–Crippen MR) is 66.3 cm³/mol. The Morgan fingerprint density at radius 3 is 2.94 bits per heavy atom. The van der Waals surface area contributed by atoms with Crippen molar-refractivity contribution in [2.75, 3.05) is 0 Å². The van der Waals surface area contributed by atoms with Gasteiger partial charge in [0.05, 0.1) is 10.9 Å². The van der Waals surface area contributed by atoms with Gasteiger partial charge in [0.1, 0.15) is 0 Å². The third-order valence-electron chi connectivity index (χ3n) is 2.68. The van der Waals surface area contributed by atoms with Gasteiger partial charge in [-0.25, -0.2) is 4.98 Å². The molecule has 1 aromatic carbocycles. The van der Waals surface area contributed by atoms with Gasteiger partial charge >= 0.3 is 0 Å². The van der Waals surface area contributed by atoms with Crippen LogP contribution < -0.4 is 5.56 Å². The number of rotatable bonds is 0. The topological polar surface area (TPSA) is 34.4 Å². The van der Waals surface area contributed by atoms with Crippen molar-refractivity contribution in [1.29, 1.82) is 0 Å². The lowest BCUT2D eigenvalue weighted by Crippen LogP contribution is -2.14. The highest BCUT2D eigenvalue weighted by molar-refractivity contribution is 7.15. The molecule has 0 radical (unpaired) electrons. The van der Waals surface area contributed by atoms with E-state index in [-0.39, 0.29) is 5.56 Å². The van der Waals surface area contributed by atoms with E-state index in [1.807, 2.05) is 37.4 Å². The van der Waals surface area contributed by atoms with Crippen LogP contribution in [0.4, 0.5) is 0 Å². The number of fused-ring (bicyclic) bond motifs is 2. The Balaban J connectivity index is 2.64. The maximum Gasteiger partial charge on any atom is 0.266 e. The summed E-state index contributed by atoms with van der Waals surface area (Å²) in [5.41, 5.74) is 2.83. The van der Waals surface area contributed by atoms with Gasteiger partial charge in [0.25, 0.3) is 5.56 Å². The molecule has 0 saturated carbocycles. The molecule has 0 unspecified atom stereocenters. The first kappa shape index (κ1) is 9.54. The van der Waals surface area contributed by atoms with Crippen LogP contribution in [0.25, 0.3) is 15.9 Å². The van der Waals surface area contributed by atoms with Crippen molar-refractivity contribution < 1.29 is 0 Å². The number of nitrogens with zero attached hydrogens (tertiary/aromatic N) is 2. The summed E-state index contributed by atoms with van der Waals surface area (Å²) in [6.45, 7) is 3.91. The minimum atomic E-state index is 0.0300. The van der Waals surface area contributed by atoms with E-state index in [0.29, 0.717) is 5.39 Å². The summed E-state index contributed by atoms with van der Waals surface area (Å²) >= 11 is 1.50. The average Bonchev–Trinajstić information content (AvgIpc) is 2.62. The molecule has 0 N–H and O–H groups in total. The van der Waals surface area contributed by atoms with Gasteiger partial charge in [-0.15, -0.1) is 11.3 Å². The fraction of sp³-hybridized carbons (Fsp3) is 0.167. The number of aryl methyl sites for hydroxylation is 2. The van der Waals surface area contributed by atoms with Gasteiger partial charge in [-0.1, -0.05) is 11.6 Å². The van der Waals surface area contributed by atoms with Crippen LogP contribution in [-0.2, 0) is 0 Å². The fourth-order valence-electron chi connectivity index (χ4n) is 1.86. The van der Waals surface area contributed by atoms with E-state index in [2.05, 4.69) is 4.98 Å². The third-order valence-corrected chi connectivity index (χ3v) is 3.62. The second-order valence-electron chi connectivity index (χ2n) is 3.93. The first-order valence-electron chi connectivity index (χ1n) is 5.04. The molecule has 2 aromatic heterocycles. The van der Waals surface area contributed by atoms with E-state index in [4.69, 9.17) is 0 Å². The monoisotopic (exact) mass is 230 g/mol. The lowest BCUT2D eigenvalue weighted by Gasteiger charge is -2.00. The maximum atomic E-state index is 12.3. The number of aromatic nitrogens is 2. The smallest absolute Gasteiger partial charge is 0.266 e. The van der Waals surface area contributed by atoms with Gasteiger partial charge in [-0.3, -0.25) is 9.20 Å². The molecule has 0 aliphatic heterocycles. The van der Waals surface area contributed by atoms with Crippen LogP contribution >= 0.6 is 11.3 Å². The lowest BCUT2D eigenvalue weighted by atomic mass is 10.2. The second-order valence-corrected chi connectivity index (χ2v) is 4.77. The van der Waals surface area contributed by atoms with Gasteiger partial charge in [0.15, 0.2) is 4.96 Å². The van der Waals surface area contributed by atoms with Crippen LogP contribution in [0.15, 0.2) is 28.4 Å². The van der Waals surface area contributed by atoms with Crippen LogP contribution in [0.2, 0.25) is 0 Å². The van der Waals surface area contributed by atoms with Crippen molar-refractivity contribution >= 4 is 27.2 Å². The summed E-state index contributed by atoms with van der Waals surface area (Å²) in [5, 5.41) is 2.65. The minimum Gasteiger partial charge on any atom is -0.268 e. The van der Waals surface area contributed by atoms with Gasteiger partial charge in [0, 0.05) is 11.1 Å². The number of hydrogen-bond acceptors (Lipinski definition) is 3. The quantitative estimate of drug-likeness (QED) is 0.594. The Morgan fingerprint density at radius 1 is 1.31 bits per heavy atom. The SMILES string of the molecule is Cc1ccc2nc3scc(C)n3c(=O)c2c1. The standard InChI is InChI=1S/C12H10N2OS/c1-7-3-4-10-9(5-7)11(15)14-8(2)6-16-12(14)13-10/h3-6H,1-2H3. The molecule has 3 nitrogen and oxygen atoms in total. The molecule has 0 saturated heterocycles. The van der Waals surface area contributed by atoms with E-state index in [0.717, 1.165) is 21.7 Å². The molecule has 0 amide bonds. The van der Waals surface area contributed by atoms with E-state index in [1.165, 1.54) is 11.3 Å². The lowest BCUT2D eigenvalue weighted by molar-refractivity contribution is 1.05. The summed E-state index contributed by atoms with van der Waals surface area (Å²) < 4.78 is 1.67. The highest BCUT2D eigenvalue weighted by Crippen LogP contribution is 2.16. The van der Waals surface area contributed by atoms with E-state index in [9.17, 15) is 4.79 Å². The number of hydrogen-bond donors (Lipinski definition) is 0.